The van der Waals surface area contributed by atoms with Crippen LogP contribution in [-0.2, 0) is 0 Å². The van der Waals surface area contributed by atoms with Gasteiger partial charge >= 0.3 is 5.97 Å². The first-order valence-electron chi connectivity index (χ1n) is 8.02. The first-order chi connectivity index (χ1) is 12.1. The molecule has 2 aromatic heterocycles. The molecule has 0 radical (unpaired) electrons. The highest BCUT2D eigenvalue weighted by Gasteiger charge is 2.11. The van der Waals surface area contributed by atoms with E-state index in [9.17, 15) is 9.90 Å². The third-order valence-corrected chi connectivity index (χ3v) is 4.33. The van der Waals surface area contributed by atoms with E-state index in [2.05, 4.69) is 16.0 Å². The summed E-state index contributed by atoms with van der Waals surface area (Å²) in [5.74, 6) is -0.948. The number of aromatic amines is 1. The zero-order chi connectivity index (χ0) is 17.4. The molecule has 0 saturated heterocycles. The number of carboxylic acids is 1. The summed E-state index contributed by atoms with van der Waals surface area (Å²) in [4.78, 5) is 19.5. The Labute approximate surface area is 144 Å². The summed E-state index contributed by atoms with van der Waals surface area (Å²) < 4.78 is 0. The fourth-order valence-corrected chi connectivity index (χ4v) is 3.14. The van der Waals surface area contributed by atoms with Gasteiger partial charge in [-0.15, -0.1) is 0 Å². The molecule has 122 valence electrons. The van der Waals surface area contributed by atoms with Crippen LogP contribution in [0.2, 0.25) is 0 Å². The first-order valence-corrected chi connectivity index (χ1v) is 8.02. The Morgan fingerprint density at radius 3 is 2.56 bits per heavy atom. The van der Waals surface area contributed by atoms with E-state index in [1.54, 1.807) is 12.1 Å². The number of aromatic nitrogens is 2. The Hall–Kier alpha value is -3.40. The van der Waals surface area contributed by atoms with Crippen LogP contribution >= 0.6 is 0 Å². The monoisotopic (exact) mass is 328 g/mol. The lowest BCUT2D eigenvalue weighted by molar-refractivity contribution is 0.0699. The molecule has 4 nitrogen and oxygen atoms in total. The summed E-state index contributed by atoms with van der Waals surface area (Å²) in [5, 5.41) is 11.3. The number of rotatable bonds is 3. The summed E-state index contributed by atoms with van der Waals surface area (Å²) in [7, 11) is 0. The maximum Gasteiger partial charge on any atom is 0.336 e. The highest BCUT2D eigenvalue weighted by Crippen LogP contribution is 2.25. The van der Waals surface area contributed by atoms with Gasteiger partial charge in [0.05, 0.1) is 16.8 Å². The smallest absolute Gasteiger partial charge is 0.336 e. The van der Waals surface area contributed by atoms with Gasteiger partial charge in [0.1, 0.15) is 0 Å². The van der Waals surface area contributed by atoms with E-state index in [4.69, 9.17) is 0 Å². The summed E-state index contributed by atoms with van der Waals surface area (Å²) in [5.41, 5.74) is 4.80. The molecule has 0 atom stereocenters. The number of para-hydroxylation sites is 2. The fraction of sp³-hybridized carbons (Fsp3) is 0.0476. The normalized spacial score (nSPS) is 11.6. The van der Waals surface area contributed by atoms with E-state index in [-0.39, 0.29) is 5.56 Å². The van der Waals surface area contributed by atoms with Gasteiger partial charge in [-0.05, 0) is 31.2 Å². The number of carboxylic acid groups (broad SMARTS) is 1. The Balaban J connectivity index is 1.83. The number of H-pyrrole nitrogens is 1. The summed E-state index contributed by atoms with van der Waals surface area (Å²) in [6.45, 7) is 2.02. The van der Waals surface area contributed by atoms with Gasteiger partial charge in [0, 0.05) is 27.5 Å². The molecular weight excluding hydrogens is 312 g/mol. The molecule has 4 rings (SSSR count). The van der Waals surface area contributed by atoms with Crippen LogP contribution in [0, 0.1) is 6.92 Å². The fourth-order valence-electron chi connectivity index (χ4n) is 3.14. The zero-order valence-corrected chi connectivity index (χ0v) is 13.7. The first kappa shape index (κ1) is 15.1. The molecule has 0 unspecified atom stereocenters. The van der Waals surface area contributed by atoms with E-state index in [1.807, 2.05) is 55.5 Å². The Morgan fingerprint density at radius 2 is 1.76 bits per heavy atom. The Morgan fingerprint density at radius 1 is 1.04 bits per heavy atom. The van der Waals surface area contributed by atoms with E-state index in [0.717, 1.165) is 22.2 Å². The van der Waals surface area contributed by atoms with Gasteiger partial charge in [-0.2, -0.15) is 0 Å². The molecule has 0 fully saturated rings. The second-order valence-corrected chi connectivity index (χ2v) is 5.96. The van der Waals surface area contributed by atoms with Gasteiger partial charge in [0.25, 0.3) is 0 Å². The molecule has 0 aliphatic heterocycles. The quantitative estimate of drug-likeness (QED) is 0.562. The average Bonchev–Trinajstić information content (AvgIpc) is 2.94. The van der Waals surface area contributed by atoms with Crippen molar-refractivity contribution in [2.75, 3.05) is 0 Å². The Kier molecular flexibility index (Phi) is 3.58. The van der Waals surface area contributed by atoms with Crippen LogP contribution in [0.3, 0.4) is 0 Å². The molecule has 2 heterocycles. The van der Waals surface area contributed by atoms with Crippen molar-refractivity contribution in [2.24, 2.45) is 0 Å². The molecule has 0 spiro atoms. The second kappa shape index (κ2) is 5.91. The molecule has 4 aromatic rings. The molecule has 0 aliphatic rings. The molecule has 25 heavy (non-hydrogen) atoms. The van der Waals surface area contributed by atoms with Crippen LogP contribution in [-0.4, -0.2) is 21.0 Å². The van der Waals surface area contributed by atoms with Crippen molar-refractivity contribution in [2.45, 2.75) is 6.92 Å². The lowest BCUT2D eigenvalue weighted by Gasteiger charge is -2.04. The van der Waals surface area contributed by atoms with E-state index in [0.29, 0.717) is 16.6 Å². The van der Waals surface area contributed by atoms with Gasteiger partial charge in [-0.25, -0.2) is 9.78 Å². The second-order valence-electron chi connectivity index (χ2n) is 5.96. The van der Waals surface area contributed by atoms with Crippen molar-refractivity contribution < 1.29 is 9.90 Å². The van der Waals surface area contributed by atoms with Gasteiger partial charge in [-0.3, -0.25) is 0 Å². The van der Waals surface area contributed by atoms with Crippen LogP contribution < -0.4 is 0 Å². The lowest BCUT2D eigenvalue weighted by atomic mass is 10.1. The van der Waals surface area contributed by atoms with Crippen molar-refractivity contribution in [3.05, 3.63) is 77.1 Å². The number of carbonyl (C=O) groups is 1. The summed E-state index contributed by atoms with van der Waals surface area (Å²) in [6, 6.07) is 17.0. The standard InChI is InChI=1S/C21H16N2O2/c1-13-15(16-6-2-4-8-19(16)22-13)11-10-14-12-18(21(24)25)17-7-3-5-9-20(17)23-14/h2-12,22H,1H3,(H,24,25)/b11-10+. The highest BCUT2D eigenvalue weighted by atomic mass is 16.4. The predicted octanol–water partition coefficient (Wildman–Crippen LogP) is 4.89. The number of nitrogens with one attached hydrogen (secondary N) is 1. The maximum absolute atomic E-state index is 11.6. The number of fused-ring (bicyclic) bond motifs is 2. The molecule has 0 bridgehead atoms. The van der Waals surface area contributed by atoms with E-state index >= 15 is 0 Å². The minimum atomic E-state index is -0.948. The predicted molar refractivity (Wildman–Crippen MR) is 101 cm³/mol. The van der Waals surface area contributed by atoms with Gasteiger partial charge in [0.2, 0.25) is 0 Å². The number of benzene rings is 2. The SMILES string of the molecule is Cc1[nH]c2ccccc2c1/C=C/c1cc(C(=O)O)c2ccccc2n1. The van der Waals surface area contributed by atoms with Gasteiger partial charge in [-0.1, -0.05) is 42.5 Å². The molecule has 4 heteroatoms. The summed E-state index contributed by atoms with van der Waals surface area (Å²) >= 11 is 0. The number of hydrogen-bond acceptors (Lipinski definition) is 2. The van der Waals surface area contributed by atoms with E-state index in [1.165, 1.54) is 0 Å². The largest absolute Gasteiger partial charge is 0.478 e. The van der Waals surface area contributed by atoms with Gasteiger partial charge in [0.15, 0.2) is 0 Å². The van der Waals surface area contributed by atoms with Crippen molar-refractivity contribution in [3.63, 3.8) is 0 Å². The van der Waals surface area contributed by atoms with Crippen molar-refractivity contribution in [3.8, 4) is 0 Å². The van der Waals surface area contributed by atoms with Crippen molar-refractivity contribution >= 4 is 39.9 Å². The lowest BCUT2D eigenvalue weighted by Crippen LogP contribution is -2.00. The minimum Gasteiger partial charge on any atom is -0.478 e. The van der Waals surface area contributed by atoms with Crippen LogP contribution in [0.15, 0.2) is 54.6 Å². The molecule has 2 N–H and O–H groups in total. The van der Waals surface area contributed by atoms with Crippen molar-refractivity contribution in [1.82, 2.24) is 9.97 Å². The van der Waals surface area contributed by atoms with E-state index < -0.39 is 5.97 Å². The number of hydrogen-bond donors (Lipinski definition) is 2. The zero-order valence-electron chi connectivity index (χ0n) is 13.7. The van der Waals surface area contributed by atoms with Crippen LogP contribution in [0.5, 0.6) is 0 Å². The average molecular weight is 328 g/mol. The topological polar surface area (TPSA) is 66.0 Å². The maximum atomic E-state index is 11.6. The third kappa shape index (κ3) is 2.68. The summed E-state index contributed by atoms with van der Waals surface area (Å²) in [6.07, 6.45) is 3.85. The number of nitrogens with zero attached hydrogens (tertiary/aromatic N) is 1. The molecule has 0 aliphatic carbocycles. The number of pyridine rings is 1. The molecule has 2 aromatic carbocycles. The van der Waals surface area contributed by atoms with Crippen LogP contribution in [0.1, 0.15) is 27.3 Å². The number of aryl methyl sites for hydroxylation is 1. The molecular formula is C21H16N2O2. The molecule has 0 saturated carbocycles. The third-order valence-electron chi connectivity index (χ3n) is 4.33. The minimum absolute atomic E-state index is 0.265. The molecule has 0 amide bonds. The number of aromatic carboxylic acids is 1. The van der Waals surface area contributed by atoms with Crippen molar-refractivity contribution in [1.29, 1.82) is 0 Å². The Bertz CT molecular complexity index is 1140. The highest BCUT2D eigenvalue weighted by molar-refractivity contribution is 6.03. The van der Waals surface area contributed by atoms with Gasteiger partial charge < -0.3 is 10.1 Å². The van der Waals surface area contributed by atoms with Crippen LogP contribution in [0.4, 0.5) is 0 Å². The van der Waals surface area contributed by atoms with Crippen LogP contribution in [0.25, 0.3) is 34.0 Å².